The number of aromatic nitrogens is 1. The number of pyridine rings is 1. The van der Waals surface area contributed by atoms with E-state index in [-0.39, 0.29) is 12.2 Å². The molecule has 1 heterocycles. The number of Topliss-reactive ketones (excluding diaryl/α,β-unsaturated/α-hetero) is 1. The minimum absolute atomic E-state index is 0.120. The number of hydrogen-bond acceptors (Lipinski definition) is 5. The van der Waals surface area contributed by atoms with E-state index in [9.17, 15) is 9.59 Å². The standard InChI is InChI=1S/C13H15NO4/c1-3-17-9-11(13(16)18-4-2)12(15)10-5-7-14-8-6-10/h5-9H,3-4H2,1-2H3. The Kier molecular flexibility index (Phi) is 5.57. The van der Waals surface area contributed by atoms with Crippen molar-refractivity contribution in [3.05, 3.63) is 41.9 Å². The lowest BCUT2D eigenvalue weighted by atomic mass is 10.1. The number of carbonyl (C=O) groups is 2. The summed E-state index contributed by atoms with van der Waals surface area (Å²) in [4.78, 5) is 27.6. The van der Waals surface area contributed by atoms with Gasteiger partial charge in [0.2, 0.25) is 5.78 Å². The van der Waals surface area contributed by atoms with Gasteiger partial charge < -0.3 is 9.47 Å². The van der Waals surface area contributed by atoms with Crippen molar-refractivity contribution in [1.82, 2.24) is 4.98 Å². The fourth-order valence-electron chi connectivity index (χ4n) is 1.23. The number of ether oxygens (including phenoxy) is 2. The second-order valence-electron chi connectivity index (χ2n) is 3.27. The van der Waals surface area contributed by atoms with Gasteiger partial charge in [0.05, 0.1) is 13.2 Å². The lowest BCUT2D eigenvalue weighted by Crippen LogP contribution is -2.16. The first-order valence-electron chi connectivity index (χ1n) is 5.64. The van der Waals surface area contributed by atoms with Crippen LogP contribution in [0.15, 0.2) is 36.4 Å². The van der Waals surface area contributed by atoms with E-state index in [0.29, 0.717) is 12.2 Å². The van der Waals surface area contributed by atoms with Crippen LogP contribution in [0.4, 0.5) is 0 Å². The van der Waals surface area contributed by atoms with Crippen LogP contribution in [-0.4, -0.2) is 30.0 Å². The highest BCUT2D eigenvalue weighted by molar-refractivity contribution is 6.23. The Morgan fingerprint density at radius 2 is 1.89 bits per heavy atom. The molecule has 0 aliphatic rings. The highest BCUT2D eigenvalue weighted by Crippen LogP contribution is 2.09. The lowest BCUT2D eigenvalue weighted by molar-refractivity contribution is -0.138. The molecule has 0 spiro atoms. The van der Waals surface area contributed by atoms with E-state index in [0.717, 1.165) is 6.26 Å². The van der Waals surface area contributed by atoms with Crippen LogP contribution < -0.4 is 0 Å². The summed E-state index contributed by atoms with van der Waals surface area (Å²) in [6.45, 7) is 4.00. The predicted molar refractivity (Wildman–Crippen MR) is 64.9 cm³/mol. The zero-order chi connectivity index (χ0) is 13.4. The molecule has 0 fully saturated rings. The molecule has 1 rings (SSSR count). The van der Waals surface area contributed by atoms with Crippen LogP contribution in [0.5, 0.6) is 0 Å². The molecule has 0 saturated heterocycles. The fourth-order valence-corrected chi connectivity index (χ4v) is 1.23. The Morgan fingerprint density at radius 1 is 1.22 bits per heavy atom. The molecule has 0 bridgehead atoms. The average molecular weight is 249 g/mol. The van der Waals surface area contributed by atoms with E-state index < -0.39 is 11.8 Å². The normalized spacial score (nSPS) is 10.9. The summed E-state index contributed by atoms with van der Waals surface area (Å²) in [7, 11) is 0. The van der Waals surface area contributed by atoms with Crippen molar-refractivity contribution in [3.63, 3.8) is 0 Å². The van der Waals surface area contributed by atoms with Crippen molar-refractivity contribution in [1.29, 1.82) is 0 Å². The van der Waals surface area contributed by atoms with E-state index in [2.05, 4.69) is 4.98 Å². The maximum Gasteiger partial charge on any atom is 0.345 e. The number of ketones is 1. The Labute approximate surface area is 105 Å². The summed E-state index contributed by atoms with van der Waals surface area (Å²) < 4.78 is 9.83. The Morgan fingerprint density at radius 3 is 2.44 bits per heavy atom. The van der Waals surface area contributed by atoms with Crippen molar-refractivity contribution in [2.75, 3.05) is 13.2 Å². The second-order valence-corrected chi connectivity index (χ2v) is 3.27. The fraction of sp³-hybridized carbons (Fsp3) is 0.308. The zero-order valence-corrected chi connectivity index (χ0v) is 10.4. The van der Waals surface area contributed by atoms with Crippen molar-refractivity contribution < 1.29 is 19.1 Å². The Hall–Kier alpha value is -2.17. The number of esters is 1. The SMILES string of the molecule is CCOC=C(C(=O)OCC)C(=O)c1ccncc1. The molecule has 0 radical (unpaired) electrons. The molecule has 0 amide bonds. The van der Waals surface area contributed by atoms with Gasteiger partial charge in [0.15, 0.2) is 0 Å². The van der Waals surface area contributed by atoms with Gasteiger partial charge in [-0.15, -0.1) is 0 Å². The first-order valence-corrected chi connectivity index (χ1v) is 5.64. The summed E-state index contributed by atoms with van der Waals surface area (Å²) in [6.07, 6.45) is 4.11. The second kappa shape index (κ2) is 7.21. The van der Waals surface area contributed by atoms with Crippen LogP contribution in [-0.2, 0) is 14.3 Å². The van der Waals surface area contributed by atoms with Gasteiger partial charge in [0.25, 0.3) is 0 Å². The monoisotopic (exact) mass is 249 g/mol. The minimum Gasteiger partial charge on any atom is -0.500 e. The number of rotatable bonds is 6. The first kappa shape index (κ1) is 13.9. The molecule has 0 aliphatic heterocycles. The van der Waals surface area contributed by atoms with Gasteiger partial charge in [-0.2, -0.15) is 0 Å². The predicted octanol–water partition coefficient (Wildman–Crippen LogP) is 1.75. The van der Waals surface area contributed by atoms with Gasteiger partial charge in [0, 0.05) is 18.0 Å². The van der Waals surface area contributed by atoms with Crippen molar-refractivity contribution in [2.24, 2.45) is 0 Å². The van der Waals surface area contributed by atoms with E-state index in [1.165, 1.54) is 24.5 Å². The van der Waals surface area contributed by atoms with Gasteiger partial charge in [-0.05, 0) is 26.0 Å². The van der Waals surface area contributed by atoms with Crippen LogP contribution in [0.25, 0.3) is 0 Å². The number of carbonyl (C=O) groups excluding carboxylic acids is 2. The van der Waals surface area contributed by atoms with Crippen LogP contribution in [0.3, 0.4) is 0 Å². The third kappa shape index (κ3) is 3.69. The molecule has 5 nitrogen and oxygen atoms in total. The third-order valence-electron chi connectivity index (χ3n) is 2.05. The Balaban J connectivity index is 2.97. The van der Waals surface area contributed by atoms with E-state index in [1.54, 1.807) is 13.8 Å². The molecule has 1 aromatic heterocycles. The van der Waals surface area contributed by atoms with Crippen LogP contribution >= 0.6 is 0 Å². The van der Waals surface area contributed by atoms with E-state index in [4.69, 9.17) is 9.47 Å². The van der Waals surface area contributed by atoms with Gasteiger partial charge in [0.1, 0.15) is 11.8 Å². The highest BCUT2D eigenvalue weighted by atomic mass is 16.5. The van der Waals surface area contributed by atoms with Gasteiger partial charge in [-0.25, -0.2) is 4.79 Å². The quantitative estimate of drug-likeness (QED) is 0.192. The van der Waals surface area contributed by atoms with E-state index >= 15 is 0 Å². The summed E-state index contributed by atoms with van der Waals surface area (Å²) in [6, 6.07) is 3.06. The Bertz CT molecular complexity index is 440. The maximum absolute atomic E-state index is 12.1. The molecule has 0 unspecified atom stereocenters. The lowest BCUT2D eigenvalue weighted by Gasteiger charge is -2.06. The van der Waals surface area contributed by atoms with E-state index in [1.807, 2.05) is 0 Å². The van der Waals surface area contributed by atoms with Crippen LogP contribution in [0.1, 0.15) is 24.2 Å². The topological polar surface area (TPSA) is 65.5 Å². The summed E-state index contributed by atoms with van der Waals surface area (Å²) >= 11 is 0. The zero-order valence-electron chi connectivity index (χ0n) is 10.4. The highest BCUT2D eigenvalue weighted by Gasteiger charge is 2.21. The van der Waals surface area contributed by atoms with Gasteiger partial charge in [-0.3, -0.25) is 9.78 Å². The summed E-state index contributed by atoms with van der Waals surface area (Å²) in [5.41, 5.74) is 0.244. The van der Waals surface area contributed by atoms with Gasteiger partial charge >= 0.3 is 5.97 Å². The molecule has 0 atom stereocenters. The van der Waals surface area contributed by atoms with Crippen molar-refractivity contribution >= 4 is 11.8 Å². The maximum atomic E-state index is 12.1. The molecular formula is C13H15NO4. The molecule has 0 N–H and O–H groups in total. The molecule has 0 aromatic carbocycles. The summed E-state index contributed by atoms with van der Waals surface area (Å²) in [5.74, 6) is -1.13. The molecule has 96 valence electrons. The molecular weight excluding hydrogens is 234 g/mol. The average Bonchev–Trinajstić information content (AvgIpc) is 2.40. The largest absolute Gasteiger partial charge is 0.500 e. The molecule has 5 heteroatoms. The van der Waals surface area contributed by atoms with Crippen LogP contribution in [0.2, 0.25) is 0 Å². The molecule has 18 heavy (non-hydrogen) atoms. The first-order chi connectivity index (χ1) is 8.70. The molecule has 0 saturated carbocycles. The van der Waals surface area contributed by atoms with Crippen molar-refractivity contribution in [2.45, 2.75) is 13.8 Å². The van der Waals surface area contributed by atoms with Crippen LogP contribution in [0, 0.1) is 0 Å². The van der Waals surface area contributed by atoms with Crippen molar-refractivity contribution in [3.8, 4) is 0 Å². The minimum atomic E-state index is -0.687. The number of hydrogen-bond donors (Lipinski definition) is 0. The molecule has 0 aliphatic carbocycles. The number of nitrogens with zero attached hydrogens (tertiary/aromatic N) is 1. The van der Waals surface area contributed by atoms with Gasteiger partial charge in [-0.1, -0.05) is 0 Å². The molecule has 1 aromatic rings. The third-order valence-corrected chi connectivity index (χ3v) is 2.05. The smallest absolute Gasteiger partial charge is 0.345 e. The summed E-state index contributed by atoms with van der Waals surface area (Å²) in [5, 5.41) is 0.